The van der Waals surface area contributed by atoms with Crippen LogP contribution < -0.4 is 10.1 Å². The van der Waals surface area contributed by atoms with Crippen LogP contribution in [-0.2, 0) is 6.54 Å². The minimum atomic E-state index is 0.223. The molecule has 2 rings (SSSR count). The fourth-order valence-corrected chi connectivity index (χ4v) is 3.27. The zero-order chi connectivity index (χ0) is 15.1. The van der Waals surface area contributed by atoms with Crippen LogP contribution in [0.2, 0.25) is 0 Å². The number of hydrogen-bond acceptors (Lipinski definition) is 3. The lowest BCUT2D eigenvalue weighted by molar-refractivity contribution is 0.277. The topological polar surface area (TPSA) is 41.5 Å². The van der Waals surface area contributed by atoms with Crippen LogP contribution in [0.15, 0.2) is 18.2 Å². The third-order valence-corrected chi connectivity index (χ3v) is 4.46. The summed E-state index contributed by atoms with van der Waals surface area (Å²) in [6.07, 6.45) is 8.03. The van der Waals surface area contributed by atoms with Crippen LogP contribution in [0.4, 0.5) is 0 Å². The van der Waals surface area contributed by atoms with Gasteiger partial charge in [-0.05, 0) is 56.2 Å². The van der Waals surface area contributed by atoms with Crippen molar-refractivity contribution in [3.63, 3.8) is 0 Å². The summed E-state index contributed by atoms with van der Waals surface area (Å²) < 4.78 is 5.43. The van der Waals surface area contributed by atoms with Gasteiger partial charge in [0, 0.05) is 12.6 Å². The molecule has 21 heavy (non-hydrogen) atoms. The van der Waals surface area contributed by atoms with Gasteiger partial charge >= 0.3 is 0 Å². The summed E-state index contributed by atoms with van der Waals surface area (Å²) in [4.78, 5) is 0. The van der Waals surface area contributed by atoms with E-state index in [9.17, 15) is 5.11 Å². The quantitative estimate of drug-likeness (QED) is 0.789. The first-order valence-corrected chi connectivity index (χ1v) is 8.41. The van der Waals surface area contributed by atoms with Crippen LogP contribution >= 0.6 is 0 Å². The fourth-order valence-electron chi connectivity index (χ4n) is 3.27. The molecule has 118 valence electrons. The minimum Gasteiger partial charge on any atom is -0.504 e. The maximum absolute atomic E-state index is 9.72. The molecule has 3 heteroatoms. The molecule has 1 fully saturated rings. The average molecular weight is 291 g/mol. The third-order valence-electron chi connectivity index (χ3n) is 4.46. The molecule has 1 aromatic rings. The molecule has 0 amide bonds. The van der Waals surface area contributed by atoms with E-state index in [4.69, 9.17) is 4.74 Å². The second-order valence-corrected chi connectivity index (χ2v) is 6.12. The van der Waals surface area contributed by atoms with E-state index in [-0.39, 0.29) is 5.75 Å². The molecule has 0 saturated heterocycles. The van der Waals surface area contributed by atoms with Crippen molar-refractivity contribution in [2.24, 2.45) is 5.92 Å². The van der Waals surface area contributed by atoms with Crippen molar-refractivity contribution in [2.75, 3.05) is 6.61 Å². The molecule has 0 unspecified atom stereocenters. The molecule has 0 heterocycles. The highest BCUT2D eigenvalue weighted by atomic mass is 16.5. The van der Waals surface area contributed by atoms with E-state index in [0.29, 0.717) is 18.4 Å². The number of hydrogen-bond donors (Lipinski definition) is 2. The highest BCUT2D eigenvalue weighted by molar-refractivity contribution is 5.41. The van der Waals surface area contributed by atoms with Gasteiger partial charge < -0.3 is 15.2 Å². The Hall–Kier alpha value is -1.22. The molecular formula is C18H29NO2. The lowest BCUT2D eigenvalue weighted by Crippen LogP contribution is -2.32. The first-order valence-electron chi connectivity index (χ1n) is 8.41. The molecule has 0 atom stereocenters. The van der Waals surface area contributed by atoms with Crippen molar-refractivity contribution in [3.8, 4) is 11.5 Å². The van der Waals surface area contributed by atoms with Gasteiger partial charge in [0.15, 0.2) is 11.5 Å². The summed E-state index contributed by atoms with van der Waals surface area (Å²) in [5.41, 5.74) is 1.17. The van der Waals surface area contributed by atoms with Gasteiger partial charge in [-0.3, -0.25) is 0 Å². The summed E-state index contributed by atoms with van der Waals surface area (Å²) in [6.45, 7) is 5.64. The number of benzene rings is 1. The largest absolute Gasteiger partial charge is 0.504 e. The molecule has 0 spiro atoms. The van der Waals surface area contributed by atoms with Crippen molar-refractivity contribution in [1.29, 1.82) is 0 Å². The smallest absolute Gasteiger partial charge is 0.161 e. The van der Waals surface area contributed by atoms with E-state index in [1.54, 1.807) is 6.07 Å². The standard InChI is InChI=1S/C18H29NO2/c1-3-5-14-6-9-16(10-7-14)19-13-15-8-11-17(20)18(12-15)21-4-2/h8,11-12,14,16,19-20H,3-7,9-10,13H2,1-2H3. The molecule has 0 radical (unpaired) electrons. The van der Waals surface area contributed by atoms with E-state index in [2.05, 4.69) is 12.2 Å². The Bertz CT molecular complexity index is 425. The van der Waals surface area contributed by atoms with Gasteiger partial charge in [0.1, 0.15) is 0 Å². The molecule has 2 N–H and O–H groups in total. The fraction of sp³-hybridized carbons (Fsp3) is 0.667. The van der Waals surface area contributed by atoms with Crippen LogP contribution in [0.3, 0.4) is 0 Å². The Balaban J connectivity index is 1.79. The minimum absolute atomic E-state index is 0.223. The Kier molecular flexibility index (Phi) is 6.37. The molecule has 3 nitrogen and oxygen atoms in total. The van der Waals surface area contributed by atoms with E-state index in [1.165, 1.54) is 44.1 Å². The predicted molar refractivity (Wildman–Crippen MR) is 86.8 cm³/mol. The third kappa shape index (κ3) is 4.92. The number of phenols is 1. The zero-order valence-corrected chi connectivity index (χ0v) is 13.4. The normalized spacial score (nSPS) is 22.2. The summed E-state index contributed by atoms with van der Waals surface area (Å²) in [6, 6.07) is 6.27. The number of nitrogens with one attached hydrogen (secondary N) is 1. The van der Waals surface area contributed by atoms with Gasteiger partial charge in [0.05, 0.1) is 6.61 Å². The van der Waals surface area contributed by atoms with Crippen LogP contribution in [-0.4, -0.2) is 17.8 Å². The van der Waals surface area contributed by atoms with Crippen molar-refractivity contribution in [2.45, 2.75) is 65.0 Å². The zero-order valence-electron chi connectivity index (χ0n) is 13.4. The van der Waals surface area contributed by atoms with Crippen LogP contribution in [0, 0.1) is 5.92 Å². The van der Waals surface area contributed by atoms with E-state index in [0.717, 1.165) is 12.5 Å². The summed E-state index contributed by atoms with van der Waals surface area (Å²) in [7, 11) is 0. The highest BCUT2D eigenvalue weighted by Crippen LogP contribution is 2.29. The number of rotatable bonds is 7. The average Bonchev–Trinajstić information content (AvgIpc) is 2.50. The van der Waals surface area contributed by atoms with Crippen molar-refractivity contribution < 1.29 is 9.84 Å². The van der Waals surface area contributed by atoms with E-state index in [1.807, 2.05) is 19.1 Å². The van der Waals surface area contributed by atoms with Crippen molar-refractivity contribution >= 4 is 0 Å². The first-order chi connectivity index (χ1) is 10.2. The number of ether oxygens (including phenoxy) is 1. The molecule has 0 aromatic heterocycles. The molecular weight excluding hydrogens is 262 g/mol. The van der Waals surface area contributed by atoms with Gasteiger partial charge in [-0.2, -0.15) is 0 Å². The van der Waals surface area contributed by atoms with Crippen LogP contribution in [0.25, 0.3) is 0 Å². The van der Waals surface area contributed by atoms with Crippen molar-refractivity contribution in [1.82, 2.24) is 5.32 Å². The molecule has 0 bridgehead atoms. The summed E-state index contributed by atoms with van der Waals surface area (Å²) in [5.74, 6) is 1.76. The SMILES string of the molecule is CCCC1CCC(NCc2ccc(O)c(OCC)c2)CC1. The maximum atomic E-state index is 9.72. The van der Waals surface area contributed by atoms with Gasteiger partial charge in [-0.15, -0.1) is 0 Å². The Morgan fingerprint density at radius 3 is 2.62 bits per heavy atom. The Morgan fingerprint density at radius 1 is 1.19 bits per heavy atom. The molecule has 0 aliphatic heterocycles. The molecule has 1 aliphatic carbocycles. The van der Waals surface area contributed by atoms with Crippen molar-refractivity contribution in [3.05, 3.63) is 23.8 Å². The van der Waals surface area contributed by atoms with Gasteiger partial charge in [-0.25, -0.2) is 0 Å². The second-order valence-electron chi connectivity index (χ2n) is 6.12. The first kappa shape index (κ1) is 16.2. The lowest BCUT2D eigenvalue weighted by atomic mass is 9.83. The van der Waals surface area contributed by atoms with Crippen LogP contribution in [0.1, 0.15) is 57.9 Å². The molecule has 1 aromatic carbocycles. The Morgan fingerprint density at radius 2 is 1.95 bits per heavy atom. The molecule has 1 saturated carbocycles. The van der Waals surface area contributed by atoms with Gasteiger partial charge in [0.2, 0.25) is 0 Å². The second kappa shape index (κ2) is 8.28. The lowest BCUT2D eigenvalue weighted by Gasteiger charge is -2.29. The van der Waals surface area contributed by atoms with Gasteiger partial charge in [-0.1, -0.05) is 25.8 Å². The Labute approximate surface area is 128 Å². The van der Waals surface area contributed by atoms with E-state index < -0.39 is 0 Å². The number of aromatic hydroxyl groups is 1. The van der Waals surface area contributed by atoms with E-state index >= 15 is 0 Å². The predicted octanol–water partition coefficient (Wildman–Crippen LogP) is 4.24. The van der Waals surface area contributed by atoms with Crippen LogP contribution in [0.5, 0.6) is 11.5 Å². The van der Waals surface area contributed by atoms with Gasteiger partial charge in [0.25, 0.3) is 0 Å². The summed E-state index contributed by atoms with van der Waals surface area (Å²) in [5, 5.41) is 13.4. The molecule has 1 aliphatic rings. The highest BCUT2D eigenvalue weighted by Gasteiger charge is 2.20. The monoisotopic (exact) mass is 291 g/mol. The summed E-state index contributed by atoms with van der Waals surface area (Å²) >= 11 is 0. The number of phenolic OH excluding ortho intramolecular Hbond substituents is 1. The maximum Gasteiger partial charge on any atom is 0.161 e.